The molecule has 0 aromatic carbocycles. The maximum Gasteiger partial charge on any atom is 0.0505 e. The lowest BCUT2D eigenvalue weighted by Crippen LogP contribution is -2.16. The van der Waals surface area contributed by atoms with Gasteiger partial charge in [0.05, 0.1) is 6.61 Å². The molecule has 0 saturated carbocycles. The van der Waals surface area contributed by atoms with Gasteiger partial charge in [-0.3, -0.25) is 0 Å². The quantitative estimate of drug-likeness (QED) is 0.567. The Balaban J connectivity index is 2.31. The van der Waals surface area contributed by atoms with Crippen LogP contribution in [-0.4, -0.2) is 38.8 Å². The van der Waals surface area contributed by atoms with Crippen LogP contribution in [0.1, 0.15) is 6.92 Å². The van der Waals surface area contributed by atoms with E-state index in [1.165, 1.54) is 13.1 Å². The van der Waals surface area contributed by atoms with Crippen molar-refractivity contribution >= 4 is 0 Å². The highest BCUT2D eigenvalue weighted by molar-refractivity contribution is 4.78. The molecule has 0 aromatic heterocycles. The number of nitrogens with zero attached hydrogens (tertiary/aromatic N) is 1. The lowest BCUT2D eigenvalue weighted by molar-refractivity contribution is 0.141. The Bertz CT molecular complexity index is 105. The molecule has 2 nitrogen and oxygen atoms in total. The van der Waals surface area contributed by atoms with Crippen molar-refractivity contribution in [1.82, 2.24) is 4.90 Å². The smallest absolute Gasteiger partial charge is 0.0505 e. The van der Waals surface area contributed by atoms with Crippen molar-refractivity contribution in [1.29, 1.82) is 0 Å². The molecule has 0 radical (unpaired) electrons. The summed E-state index contributed by atoms with van der Waals surface area (Å²) >= 11 is 0. The van der Waals surface area contributed by atoms with Crippen LogP contribution in [0.5, 0.6) is 0 Å². The average Bonchev–Trinajstić information content (AvgIpc) is 2.13. The largest absolute Gasteiger partial charge is 0.384 e. The molecule has 0 N–H and O–H groups in total. The van der Waals surface area contributed by atoms with Gasteiger partial charge in [-0.1, -0.05) is 6.92 Å². The predicted molar refractivity (Wildman–Crippen MR) is 42.0 cm³/mol. The first-order valence-electron chi connectivity index (χ1n) is 3.91. The van der Waals surface area contributed by atoms with Crippen molar-refractivity contribution in [3.05, 3.63) is 0 Å². The number of hydrogen-bond acceptors (Lipinski definition) is 2. The van der Waals surface area contributed by atoms with E-state index in [1.807, 2.05) is 0 Å². The zero-order valence-electron chi connectivity index (χ0n) is 7.13. The molecule has 0 bridgehead atoms. The van der Waals surface area contributed by atoms with Gasteiger partial charge in [-0.15, -0.1) is 0 Å². The van der Waals surface area contributed by atoms with Crippen LogP contribution in [0.4, 0.5) is 0 Å². The maximum atomic E-state index is 5.12. The highest BCUT2D eigenvalue weighted by Gasteiger charge is 2.26. The van der Waals surface area contributed by atoms with Gasteiger partial charge >= 0.3 is 0 Å². The second kappa shape index (κ2) is 3.35. The summed E-state index contributed by atoms with van der Waals surface area (Å²) < 4.78 is 5.12. The summed E-state index contributed by atoms with van der Waals surface area (Å²) in [4.78, 5) is 2.37. The maximum absolute atomic E-state index is 5.12. The van der Waals surface area contributed by atoms with E-state index in [4.69, 9.17) is 4.74 Å². The molecule has 1 heterocycles. The van der Waals surface area contributed by atoms with Crippen LogP contribution in [0.3, 0.4) is 0 Å². The highest BCUT2D eigenvalue weighted by Crippen LogP contribution is 2.20. The van der Waals surface area contributed by atoms with Gasteiger partial charge in [0.1, 0.15) is 0 Å². The van der Waals surface area contributed by atoms with Crippen molar-refractivity contribution in [2.75, 3.05) is 33.9 Å². The molecule has 0 spiro atoms. The summed E-state index contributed by atoms with van der Waals surface area (Å²) in [6.45, 7) is 5.65. The molecule has 1 aliphatic heterocycles. The molecule has 1 fully saturated rings. The monoisotopic (exact) mass is 143 g/mol. The Labute approximate surface area is 63.2 Å². The zero-order chi connectivity index (χ0) is 7.56. The van der Waals surface area contributed by atoms with Gasteiger partial charge in [0.2, 0.25) is 0 Å². The standard InChI is InChI=1S/C8H17NO/c1-7-4-9(2)5-8(7)6-10-3/h7-8H,4-6H2,1-3H3. The normalized spacial score (nSPS) is 35.1. The van der Waals surface area contributed by atoms with Crippen LogP contribution in [-0.2, 0) is 4.74 Å². The van der Waals surface area contributed by atoms with Crippen molar-refractivity contribution < 1.29 is 4.74 Å². The van der Waals surface area contributed by atoms with E-state index in [1.54, 1.807) is 7.11 Å². The molecule has 10 heavy (non-hydrogen) atoms. The summed E-state index contributed by atoms with van der Waals surface area (Å²) in [7, 11) is 3.96. The Hall–Kier alpha value is -0.0800. The molecule has 2 heteroatoms. The van der Waals surface area contributed by atoms with Crippen LogP contribution in [0.25, 0.3) is 0 Å². The topological polar surface area (TPSA) is 12.5 Å². The fourth-order valence-electron chi connectivity index (χ4n) is 1.73. The number of ether oxygens (including phenoxy) is 1. The van der Waals surface area contributed by atoms with Gasteiger partial charge in [-0.05, 0) is 18.9 Å². The van der Waals surface area contributed by atoms with E-state index < -0.39 is 0 Å². The van der Waals surface area contributed by atoms with E-state index in [0.717, 1.165) is 18.4 Å². The third-order valence-electron chi connectivity index (χ3n) is 2.33. The zero-order valence-corrected chi connectivity index (χ0v) is 7.13. The third-order valence-corrected chi connectivity index (χ3v) is 2.33. The van der Waals surface area contributed by atoms with Crippen LogP contribution in [0.15, 0.2) is 0 Å². The number of methoxy groups -OCH3 is 1. The number of hydrogen-bond donors (Lipinski definition) is 0. The summed E-state index contributed by atoms with van der Waals surface area (Å²) in [5.41, 5.74) is 0. The first-order valence-corrected chi connectivity index (χ1v) is 3.91. The minimum atomic E-state index is 0.759. The lowest BCUT2D eigenvalue weighted by Gasteiger charge is -2.11. The molecule has 60 valence electrons. The fourth-order valence-corrected chi connectivity index (χ4v) is 1.73. The Morgan fingerprint density at radius 1 is 1.50 bits per heavy atom. The second-order valence-electron chi connectivity index (χ2n) is 3.41. The molecular weight excluding hydrogens is 126 g/mol. The Kier molecular flexibility index (Phi) is 2.69. The molecule has 1 saturated heterocycles. The lowest BCUT2D eigenvalue weighted by atomic mass is 10.00. The molecule has 2 unspecified atom stereocenters. The van der Waals surface area contributed by atoms with Crippen molar-refractivity contribution in [3.63, 3.8) is 0 Å². The SMILES string of the molecule is COCC1CN(C)CC1C. The Morgan fingerprint density at radius 2 is 2.20 bits per heavy atom. The molecule has 0 aliphatic carbocycles. The molecule has 2 atom stereocenters. The van der Waals surface area contributed by atoms with Gasteiger partial charge in [-0.2, -0.15) is 0 Å². The van der Waals surface area contributed by atoms with Crippen LogP contribution >= 0.6 is 0 Å². The van der Waals surface area contributed by atoms with Gasteiger partial charge in [0, 0.05) is 20.2 Å². The fraction of sp³-hybridized carbons (Fsp3) is 1.00. The van der Waals surface area contributed by atoms with E-state index in [9.17, 15) is 0 Å². The van der Waals surface area contributed by atoms with E-state index in [-0.39, 0.29) is 0 Å². The van der Waals surface area contributed by atoms with Crippen molar-refractivity contribution in [2.45, 2.75) is 6.92 Å². The predicted octanol–water partition coefficient (Wildman–Crippen LogP) is 0.831. The number of likely N-dealkylation sites (tertiary alicyclic amines) is 1. The first kappa shape index (κ1) is 8.02. The van der Waals surface area contributed by atoms with Crippen molar-refractivity contribution in [3.8, 4) is 0 Å². The van der Waals surface area contributed by atoms with Gasteiger partial charge < -0.3 is 9.64 Å². The number of rotatable bonds is 2. The first-order chi connectivity index (χ1) is 4.74. The summed E-state index contributed by atoms with van der Waals surface area (Å²) in [5, 5.41) is 0. The van der Waals surface area contributed by atoms with Crippen LogP contribution in [0, 0.1) is 11.8 Å². The molecule has 1 rings (SSSR count). The van der Waals surface area contributed by atoms with Crippen molar-refractivity contribution in [2.24, 2.45) is 11.8 Å². The molecule has 1 aliphatic rings. The summed E-state index contributed by atoms with van der Waals surface area (Å²) in [6.07, 6.45) is 0. The second-order valence-corrected chi connectivity index (χ2v) is 3.41. The Morgan fingerprint density at radius 3 is 2.60 bits per heavy atom. The summed E-state index contributed by atoms with van der Waals surface area (Å²) in [6, 6.07) is 0. The molecular formula is C8H17NO. The molecule has 0 aromatic rings. The minimum Gasteiger partial charge on any atom is -0.384 e. The van der Waals surface area contributed by atoms with Gasteiger partial charge in [-0.25, -0.2) is 0 Å². The van der Waals surface area contributed by atoms with Crippen LogP contribution in [0.2, 0.25) is 0 Å². The highest BCUT2D eigenvalue weighted by atomic mass is 16.5. The molecule has 0 amide bonds. The minimum absolute atomic E-state index is 0.759. The van der Waals surface area contributed by atoms with Gasteiger partial charge in [0.25, 0.3) is 0 Å². The van der Waals surface area contributed by atoms with E-state index >= 15 is 0 Å². The average molecular weight is 143 g/mol. The van der Waals surface area contributed by atoms with E-state index in [2.05, 4.69) is 18.9 Å². The van der Waals surface area contributed by atoms with Gasteiger partial charge in [0.15, 0.2) is 0 Å². The van der Waals surface area contributed by atoms with Crippen LogP contribution < -0.4 is 0 Å². The third kappa shape index (κ3) is 1.70. The van der Waals surface area contributed by atoms with E-state index in [0.29, 0.717) is 0 Å². The summed E-state index contributed by atoms with van der Waals surface area (Å²) in [5.74, 6) is 1.57.